The van der Waals surface area contributed by atoms with E-state index in [2.05, 4.69) is 66.1 Å². The van der Waals surface area contributed by atoms with Crippen LogP contribution in [-0.4, -0.2) is 35.4 Å². The molecule has 0 aliphatic rings. The Kier molecular flexibility index (Phi) is 6.72. The Morgan fingerprint density at radius 3 is 2.43 bits per heavy atom. The van der Waals surface area contributed by atoms with E-state index in [4.69, 9.17) is 0 Å². The molecule has 0 aliphatic carbocycles. The highest BCUT2D eigenvalue weighted by Gasteiger charge is 2.11. The summed E-state index contributed by atoms with van der Waals surface area (Å²) >= 11 is 0. The summed E-state index contributed by atoms with van der Waals surface area (Å²) in [5, 5.41) is 11.3. The minimum Gasteiger partial charge on any atom is -0.356 e. The van der Waals surface area contributed by atoms with Gasteiger partial charge < -0.3 is 10.6 Å². The van der Waals surface area contributed by atoms with Gasteiger partial charge in [0.2, 0.25) is 0 Å². The van der Waals surface area contributed by atoms with E-state index in [1.54, 1.807) is 0 Å². The van der Waals surface area contributed by atoms with E-state index in [0.29, 0.717) is 17.9 Å². The lowest BCUT2D eigenvalue weighted by atomic mass is 10.1. The first-order valence-corrected chi connectivity index (χ1v) is 7.81. The number of aryl methyl sites for hydroxylation is 2. The highest BCUT2D eigenvalue weighted by Crippen LogP contribution is 2.06. The van der Waals surface area contributed by atoms with Crippen molar-refractivity contribution in [2.24, 2.45) is 16.8 Å². The van der Waals surface area contributed by atoms with Gasteiger partial charge >= 0.3 is 0 Å². The molecule has 1 aromatic rings. The zero-order valence-electron chi connectivity index (χ0n) is 14.6. The van der Waals surface area contributed by atoms with E-state index < -0.39 is 0 Å². The Bertz CT molecular complexity index is 461. The van der Waals surface area contributed by atoms with Gasteiger partial charge in [0.25, 0.3) is 0 Å². The van der Waals surface area contributed by atoms with Crippen molar-refractivity contribution in [2.45, 2.75) is 54.1 Å². The SMILES string of the molecule is CN=C(NCC(C)Cn1nc(C)cc1C)NC(C)C(C)C. The van der Waals surface area contributed by atoms with E-state index in [1.165, 1.54) is 5.69 Å². The van der Waals surface area contributed by atoms with Crippen LogP contribution in [0.15, 0.2) is 11.1 Å². The van der Waals surface area contributed by atoms with E-state index in [1.807, 2.05) is 14.0 Å². The van der Waals surface area contributed by atoms with Crippen LogP contribution < -0.4 is 10.6 Å². The van der Waals surface area contributed by atoms with Gasteiger partial charge in [-0.25, -0.2) is 0 Å². The maximum atomic E-state index is 4.51. The second-order valence-electron chi connectivity index (χ2n) is 6.34. The molecule has 0 aliphatic heterocycles. The minimum absolute atomic E-state index is 0.405. The maximum Gasteiger partial charge on any atom is 0.191 e. The standard InChI is InChI=1S/C16H31N5/c1-11(2)15(6)19-16(17-7)18-9-12(3)10-21-14(5)8-13(4)20-21/h8,11-12,15H,9-10H2,1-7H3,(H2,17,18,19). The molecule has 1 aromatic heterocycles. The Hall–Kier alpha value is -1.52. The van der Waals surface area contributed by atoms with Crippen LogP contribution in [0.2, 0.25) is 0 Å². The predicted molar refractivity (Wildman–Crippen MR) is 89.7 cm³/mol. The molecule has 0 bridgehead atoms. The quantitative estimate of drug-likeness (QED) is 0.625. The maximum absolute atomic E-state index is 4.51. The van der Waals surface area contributed by atoms with Gasteiger partial charge in [0.15, 0.2) is 5.96 Å². The average molecular weight is 293 g/mol. The van der Waals surface area contributed by atoms with Crippen LogP contribution in [-0.2, 0) is 6.54 Å². The van der Waals surface area contributed by atoms with E-state index in [-0.39, 0.29) is 0 Å². The summed E-state index contributed by atoms with van der Waals surface area (Å²) in [6.07, 6.45) is 0. The number of hydrogen-bond acceptors (Lipinski definition) is 2. The molecule has 0 fully saturated rings. The normalized spacial score (nSPS) is 15.1. The van der Waals surface area contributed by atoms with Crippen molar-refractivity contribution < 1.29 is 0 Å². The lowest BCUT2D eigenvalue weighted by molar-refractivity contribution is 0.430. The molecule has 0 spiro atoms. The molecular weight excluding hydrogens is 262 g/mol. The molecule has 0 aromatic carbocycles. The van der Waals surface area contributed by atoms with Crippen molar-refractivity contribution in [1.82, 2.24) is 20.4 Å². The minimum atomic E-state index is 0.405. The van der Waals surface area contributed by atoms with Gasteiger partial charge in [0.1, 0.15) is 0 Å². The molecule has 5 heteroatoms. The van der Waals surface area contributed by atoms with Gasteiger partial charge in [-0.1, -0.05) is 20.8 Å². The fourth-order valence-electron chi connectivity index (χ4n) is 2.07. The molecule has 120 valence electrons. The zero-order valence-corrected chi connectivity index (χ0v) is 14.6. The van der Waals surface area contributed by atoms with Gasteiger partial charge in [0, 0.05) is 31.9 Å². The molecule has 0 saturated heterocycles. The smallest absolute Gasteiger partial charge is 0.191 e. The van der Waals surface area contributed by atoms with Crippen molar-refractivity contribution in [2.75, 3.05) is 13.6 Å². The highest BCUT2D eigenvalue weighted by molar-refractivity contribution is 5.79. The predicted octanol–water partition coefficient (Wildman–Crippen LogP) is 2.35. The Morgan fingerprint density at radius 1 is 1.29 bits per heavy atom. The van der Waals surface area contributed by atoms with Crippen LogP contribution >= 0.6 is 0 Å². The van der Waals surface area contributed by atoms with Crippen LogP contribution in [0.1, 0.15) is 39.1 Å². The molecule has 2 unspecified atom stereocenters. The first-order valence-electron chi connectivity index (χ1n) is 7.81. The van der Waals surface area contributed by atoms with E-state index >= 15 is 0 Å². The Labute approximate surface area is 129 Å². The Morgan fingerprint density at radius 2 is 1.95 bits per heavy atom. The van der Waals surface area contributed by atoms with Crippen molar-refractivity contribution in [3.63, 3.8) is 0 Å². The van der Waals surface area contributed by atoms with Crippen LogP contribution in [0.5, 0.6) is 0 Å². The van der Waals surface area contributed by atoms with Gasteiger partial charge in [-0.05, 0) is 38.7 Å². The molecule has 2 atom stereocenters. The molecule has 0 saturated carbocycles. The number of aromatic nitrogens is 2. The van der Waals surface area contributed by atoms with Gasteiger partial charge in [-0.2, -0.15) is 5.10 Å². The molecular formula is C16H31N5. The lowest BCUT2D eigenvalue weighted by Crippen LogP contribution is -2.45. The summed E-state index contributed by atoms with van der Waals surface area (Å²) in [6.45, 7) is 14.7. The number of aliphatic imine (C=N–C) groups is 1. The molecule has 0 amide bonds. The summed E-state index contributed by atoms with van der Waals surface area (Å²) in [5.74, 6) is 1.93. The molecule has 0 radical (unpaired) electrons. The second kappa shape index (κ2) is 8.05. The number of hydrogen-bond donors (Lipinski definition) is 2. The summed E-state index contributed by atoms with van der Waals surface area (Å²) < 4.78 is 2.08. The average Bonchev–Trinajstić information content (AvgIpc) is 2.72. The summed E-state index contributed by atoms with van der Waals surface area (Å²) in [7, 11) is 1.81. The molecule has 2 N–H and O–H groups in total. The van der Waals surface area contributed by atoms with Crippen molar-refractivity contribution in [3.8, 4) is 0 Å². The van der Waals surface area contributed by atoms with Gasteiger partial charge in [-0.3, -0.25) is 9.67 Å². The number of guanidine groups is 1. The van der Waals surface area contributed by atoms with Crippen molar-refractivity contribution in [3.05, 3.63) is 17.5 Å². The third kappa shape index (κ3) is 5.78. The summed E-state index contributed by atoms with van der Waals surface area (Å²) in [6, 6.07) is 2.52. The fraction of sp³-hybridized carbons (Fsp3) is 0.750. The van der Waals surface area contributed by atoms with Crippen molar-refractivity contribution in [1.29, 1.82) is 0 Å². The second-order valence-corrected chi connectivity index (χ2v) is 6.34. The van der Waals surface area contributed by atoms with Crippen molar-refractivity contribution >= 4 is 5.96 Å². The van der Waals surface area contributed by atoms with Crippen LogP contribution in [0.3, 0.4) is 0 Å². The fourth-order valence-corrected chi connectivity index (χ4v) is 2.07. The summed E-state index contributed by atoms with van der Waals surface area (Å²) in [5.41, 5.74) is 2.30. The Balaban J connectivity index is 2.44. The molecule has 21 heavy (non-hydrogen) atoms. The van der Waals surface area contributed by atoms with Crippen LogP contribution in [0.4, 0.5) is 0 Å². The first-order chi connectivity index (χ1) is 9.83. The van der Waals surface area contributed by atoms with E-state index in [9.17, 15) is 0 Å². The van der Waals surface area contributed by atoms with Gasteiger partial charge in [0.05, 0.1) is 5.69 Å². The first kappa shape index (κ1) is 17.5. The number of rotatable bonds is 6. The zero-order chi connectivity index (χ0) is 16.0. The topological polar surface area (TPSA) is 54.2 Å². The number of nitrogens with zero attached hydrogens (tertiary/aromatic N) is 3. The largest absolute Gasteiger partial charge is 0.356 e. The number of nitrogens with one attached hydrogen (secondary N) is 2. The monoisotopic (exact) mass is 293 g/mol. The van der Waals surface area contributed by atoms with Crippen LogP contribution in [0.25, 0.3) is 0 Å². The summed E-state index contributed by atoms with van der Waals surface area (Å²) in [4.78, 5) is 4.28. The lowest BCUT2D eigenvalue weighted by Gasteiger charge is -2.22. The van der Waals surface area contributed by atoms with E-state index in [0.717, 1.165) is 24.7 Å². The van der Waals surface area contributed by atoms with Gasteiger partial charge in [-0.15, -0.1) is 0 Å². The molecule has 1 rings (SSSR count). The third-order valence-corrected chi connectivity index (χ3v) is 3.79. The molecule has 1 heterocycles. The third-order valence-electron chi connectivity index (χ3n) is 3.79. The highest BCUT2D eigenvalue weighted by atomic mass is 15.3. The molecule has 5 nitrogen and oxygen atoms in total. The van der Waals surface area contributed by atoms with Crippen LogP contribution in [0, 0.1) is 25.7 Å².